The van der Waals surface area contributed by atoms with Crippen LogP contribution in [0.3, 0.4) is 0 Å². The maximum atomic E-state index is 13.1. The molecule has 3 aromatic rings. The summed E-state index contributed by atoms with van der Waals surface area (Å²) < 4.78 is 1.46. The second-order valence-electron chi connectivity index (χ2n) is 7.09. The van der Waals surface area contributed by atoms with Crippen LogP contribution in [0.1, 0.15) is 53.9 Å². The number of nitrogens with one attached hydrogen (secondary N) is 1. The summed E-state index contributed by atoms with van der Waals surface area (Å²) in [6.45, 7) is 5.75. The molecule has 3 aromatic heterocycles. The van der Waals surface area contributed by atoms with Gasteiger partial charge in [-0.2, -0.15) is 0 Å². The summed E-state index contributed by atoms with van der Waals surface area (Å²) in [6.07, 6.45) is 4.20. The molecule has 0 saturated carbocycles. The van der Waals surface area contributed by atoms with E-state index in [9.17, 15) is 9.59 Å². The van der Waals surface area contributed by atoms with E-state index in [-0.39, 0.29) is 23.9 Å². The van der Waals surface area contributed by atoms with E-state index in [0.29, 0.717) is 16.3 Å². The normalized spacial score (nSPS) is 13.9. The zero-order valence-corrected chi connectivity index (χ0v) is 17.2. The van der Waals surface area contributed by atoms with Crippen molar-refractivity contribution in [1.29, 1.82) is 0 Å². The number of hydrogen-bond acceptors (Lipinski definition) is 7. The van der Waals surface area contributed by atoms with Crippen LogP contribution in [0.15, 0.2) is 4.79 Å². The molecule has 0 fully saturated rings. The fourth-order valence-electron chi connectivity index (χ4n) is 3.35. The Labute approximate surface area is 164 Å². The van der Waals surface area contributed by atoms with Crippen LogP contribution in [-0.4, -0.2) is 25.7 Å². The summed E-state index contributed by atoms with van der Waals surface area (Å²) >= 11 is 2.98. The third kappa shape index (κ3) is 3.41. The van der Waals surface area contributed by atoms with Gasteiger partial charge in [0.1, 0.15) is 22.2 Å². The van der Waals surface area contributed by atoms with E-state index < -0.39 is 0 Å². The number of carbonyl (C=O) groups is 1. The van der Waals surface area contributed by atoms with Crippen LogP contribution < -0.4 is 10.9 Å². The van der Waals surface area contributed by atoms with Crippen LogP contribution in [-0.2, 0) is 24.2 Å². The number of carbonyl (C=O) groups excluding carboxylic acids is 1. The summed E-state index contributed by atoms with van der Waals surface area (Å²) in [5.74, 6) is 0.521. The van der Waals surface area contributed by atoms with Gasteiger partial charge in [0, 0.05) is 10.8 Å². The molecule has 9 heteroatoms. The van der Waals surface area contributed by atoms with E-state index >= 15 is 0 Å². The summed E-state index contributed by atoms with van der Waals surface area (Å²) in [5, 5.41) is 12.8. The molecule has 3 heterocycles. The Bertz CT molecular complexity index is 1080. The van der Waals surface area contributed by atoms with Crippen molar-refractivity contribution in [1.82, 2.24) is 19.7 Å². The number of thiophene rings is 1. The minimum absolute atomic E-state index is 0.0746. The summed E-state index contributed by atoms with van der Waals surface area (Å²) in [4.78, 5) is 32.2. The summed E-state index contributed by atoms with van der Waals surface area (Å²) in [6, 6.07) is 0. The van der Waals surface area contributed by atoms with Crippen LogP contribution in [0.5, 0.6) is 0 Å². The first-order valence-corrected chi connectivity index (χ1v) is 10.7. The van der Waals surface area contributed by atoms with Gasteiger partial charge < -0.3 is 0 Å². The van der Waals surface area contributed by atoms with Crippen molar-refractivity contribution in [3.8, 4) is 0 Å². The predicted octanol–water partition coefficient (Wildman–Crippen LogP) is 3.26. The lowest BCUT2D eigenvalue weighted by molar-refractivity contribution is -0.116. The first kappa shape index (κ1) is 18.2. The molecule has 1 aliphatic carbocycles. The fourth-order valence-corrected chi connectivity index (χ4v) is 5.41. The molecular weight excluding hydrogens is 382 g/mol. The third-order valence-corrected chi connectivity index (χ3v) is 7.07. The zero-order valence-electron chi connectivity index (χ0n) is 15.5. The highest BCUT2D eigenvalue weighted by Crippen LogP contribution is 2.33. The van der Waals surface area contributed by atoms with Crippen molar-refractivity contribution in [2.24, 2.45) is 0 Å². The average molecular weight is 404 g/mol. The molecule has 142 valence electrons. The number of aromatic nitrogens is 4. The van der Waals surface area contributed by atoms with Gasteiger partial charge in [-0.1, -0.05) is 25.2 Å². The Morgan fingerprint density at radius 3 is 2.74 bits per heavy atom. The van der Waals surface area contributed by atoms with Crippen molar-refractivity contribution in [2.45, 2.75) is 58.9 Å². The first-order valence-electron chi connectivity index (χ1n) is 9.09. The maximum Gasteiger partial charge on any atom is 0.263 e. The second-order valence-corrected chi connectivity index (χ2v) is 9.18. The van der Waals surface area contributed by atoms with Gasteiger partial charge in [-0.25, -0.2) is 4.98 Å². The van der Waals surface area contributed by atoms with Crippen LogP contribution >= 0.6 is 22.7 Å². The molecule has 0 aromatic carbocycles. The van der Waals surface area contributed by atoms with Gasteiger partial charge >= 0.3 is 0 Å². The van der Waals surface area contributed by atoms with Crippen LogP contribution in [0.25, 0.3) is 10.2 Å². The molecular formula is C18H21N5O2S2. The lowest BCUT2D eigenvalue weighted by Gasteiger charge is -2.11. The average Bonchev–Trinajstić information content (AvgIpc) is 3.22. The van der Waals surface area contributed by atoms with E-state index in [1.165, 1.54) is 20.8 Å². The number of hydrogen-bond donors (Lipinski definition) is 1. The van der Waals surface area contributed by atoms with Crippen LogP contribution in [0.2, 0.25) is 0 Å². The molecule has 4 rings (SSSR count). The molecule has 0 radical (unpaired) electrons. The molecule has 1 aliphatic rings. The van der Waals surface area contributed by atoms with E-state index in [4.69, 9.17) is 0 Å². The van der Waals surface area contributed by atoms with Gasteiger partial charge in [-0.05, 0) is 38.2 Å². The number of rotatable bonds is 4. The lowest BCUT2D eigenvalue weighted by Crippen LogP contribution is -2.30. The molecule has 1 amide bonds. The van der Waals surface area contributed by atoms with Crippen LogP contribution in [0.4, 0.5) is 5.13 Å². The molecule has 0 bridgehead atoms. The van der Waals surface area contributed by atoms with Gasteiger partial charge in [-0.15, -0.1) is 21.5 Å². The highest BCUT2D eigenvalue weighted by atomic mass is 32.1. The highest BCUT2D eigenvalue weighted by molar-refractivity contribution is 7.18. The maximum absolute atomic E-state index is 13.1. The Kier molecular flexibility index (Phi) is 4.81. The minimum Gasteiger partial charge on any atom is -0.299 e. The van der Waals surface area contributed by atoms with Crippen molar-refractivity contribution in [2.75, 3.05) is 5.32 Å². The fraction of sp³-hybridized carbons (Fsp3) is 0.500. The molecule has 0 atom stereocenters. The molecule has 0 unspecified atom stereocenters. The number of fused-ring (bicyclic) bond motifs is 3. The number of aryl methyl sites for hydroxylation is 3. The standard InChI is InChI=1S/C18H21N5O2S2/c1-9(2)15-21-22-18(27-15)20-13(24)8-23-10(3)19-16-14(17(23)25)11-6-4-5-7-12(11)26-16/h9H,4-8H2,1-3H3,(H,20,22,24). The largest absolute Gasteiger partial charge is 0.299 e. The van der Waals surface area contributed by atoms with Gasteiger partial charge in [0.25, 0.3) is 5.56 Å². The minimum atomic E-state index is -0.295. The smallest absolute Gasteiger partial charge is 0.263 e. The Morgan fingerprint density at radius 1 is 1.22 bits per heavy atom. The molecule has 0 aliphatic heterocycles. The monoisotopic (exact) mass is 403 g/mol. The van der Waals surface area contributed by atoms with Gasteiger partial charge in [0.2, 0.25) is 11.0 Å². The van der Waals surface area contributed by atoms with Crippen LogP contribution in [0, 0.1) is 6.92 Å². The van der Waals surface area contributed by atoms with Crippen molar-refractivity contribution in [3.05, 3.63) is 31.6 Å². The van der Waals surface area contributed by atoms with Crippen molar-refractivity contribution in [3.63, 3.8) is 0 Å². The zero-order chi connectivity index (χ0) is 19.1. The van der Waals surface area contributed by atoms with E-state index in [1.54, 1.807) is 18.3 Å². The molecule has 0 spiro atoms. The topological polar surface area (TPSA) is 89.8 Å². The van der Waals surface area contributed by atoms with E-state index in [1.807, 2.05) is 13.8 Å². The summed E-state index contributed by atoms with van der Waals surface area (Å²) in [7, 11) is 0. The predicted molar refractivity (Wildman–Crippen MR) is 108 cm³/mol. The Balaban J connectivity index is 1.63. The van der Waals surface area contributed by atoms with Gasteiger partial charge in [-0.3, -0.25) is 19.5 Å². The molecule has 7 nitrogen and oxygen atoms in total. The highest BCUT2D eigenvalue weighted by Gasteiger charge is 2.22. The third-order valence-electron chi connectivity index (χ3n) is 4.75. The lowest BCUT2D eigenvalue weighted by atomic mass is 9.97. The van der Waals surface area contributed by atoms with Crippen molar-refractivity contribution >= 4 is 43.9 Å². The Hall–Kier alpha value is -2.13. The van der Waals surface area contributed by atoms with E-state index in [2.05, 4.69) is 20.5 Å². The van der Waals surface area contributed by atoms with E-state index in [0.717, 1.165) is 41.1 Å². The molecule has 0 saturated heterocycles. The number of anilines is 1. The molecule has 27 heavy (non-hydrogen) atoms. The first-order chi connectivity index (χ1) is 12.9. The number of nitrogens with zero attached hydrogens (tertiary/aromatic N) is 4. The number of amides is 1. The SMILES string of the molecule is Cc1nc2sc3c(c2c(=O)n1CC(=O)Nc1nnc(C(C)C)s1)CCCC3. The van der Waals surface area contributed by atoms with Crippen molar-refractivity contribution < 1.29 is 4.79 Å². The van der Waals surface area contributed by atoms with Gasteiger partial charge in [0.15, 0.2) is 0 Å². The Morgan fingerprint density at radius 2 is 2.00 bits per heavy atom. The van der Waals surface area contributed by atoms with Gasteiger partial charge in [0.05, 0.1) is 5.39 Å². The quantitative estimate of drug-likeness (QED) is 0.722. The second kappa shape index (κ2) is 7.12. The molecule has 1 N–H and O–H groups in total. The summed E-state index contributed by atoms with van der Waals surface area (Å²) in [5.41, 5.74) is 1.02.